The Labute approximate surface area is 114 Å². The summed E-state index contributed by atoms with van der Waals surface area (Å²) >= 11 is 0. The molecule has 1 aromatic heterocycles. The molecule has 0 spiro atoms. The Morgan fingerprint density at radius 2 is 2.20 bits per heavy atom. The van der Waals surface area contributed by atoms with Gasteiger partial charge in [-0.3, -0.25) is 10.3 Å². The molecule has 0 saturated heterocycles. The van der Waals surface area contributed by atoms with Gasteiger partial charge in [-0.15, -0.1) is 0 Å². The fraction of sp³-hybridized carbons (Fsp3) is 0.0714. The summed E-state index contributed by atoms with van der Waals surface area (Å²) in [5, 5.41) is 12.3. The zero-order valence-corrected chi connectivity index (χ0v) is 10.5. The van der Waals surface area contributed by atoms with Gasteiger partial charge < -0.3 is 9.84 Å². The fourth-order valence-corrected chi connectivity index (χ4v) is 1.72. The number of aromatic nitrogens is 1. The molecule has 1 heterocycles. The van der Waals surface area contributed by atoms with Crippen LogP contribution in [-0.4, -0.2) is 28.8 Å². The summed E-state index contributed by atoms with van der Waals surface area (Å²) in [7, 11) is 0. The maximum atomic E-state index is 11.6. The van der Waals surface area contributed by atoms with Crippen LogP contribution in [0.25, 0.3) is 10.9 Å². The van der Waals surface area contributed by atoms with Gasteiger partial charge in [0, 0.05) is 11.6 Å². The second kappa shape index (κ2) is 5.83. The number of amides is 1. The third-order valence-electron chi connectivity index (χ3n) is 2.56. The summed E-state index contributed by atoms with van der Waals surface area (Å²) in [6, 6.07) is 6.54. The van der Waals surface area contributed by atoms with Crippen LogP contribution in [0.15, 0.2) is 43.1 Å². The van der Waals surface area contributed by atoms with Gasteiger partial charge in [-0.1, -0.05) is 24.8 Å². The highest BCUT2D eigenvalue weighted by atomic mass is 16.5. The zero-order valence-electron chi connectivity index (χ0n) is 10.5. The lowest BCUT2D eigenvalue weighted by atomic mass is 10.1. The van der Waals surface area contributed by atoms with Crippen LogP contribution in [-0.2, 0) is 4.74 Å². The molecule has 20 heavy (non-hydrogen) atoms. The Hall–Kier alpha value is -2.89. The maximum Gasteiger partial charge on any atom is 0.412 e. The van der Waals surface area contributed by atoms with Gasteiger partial charge in [-0.2, -0.15) is 0 Å². The van der Waals surface area contributed by atoms with Crippen molar-refractivity contribution in [3.05, 3.63) is 48.7 Å². The Bertz CT molecular complexity index is 682. The van der Waals surface area contributed by atoms with Gasteiger partial charge >= 0.3 is 12.1 Å². The van der Waals surface area contributed by atoms with E-state index in [1.807, 2.05) is 0 Å². The van der Waals surface area contributed by atoms with Crippen molar-refractivity contribution in [1.82, 2.24) is 4.98 Å². The van der Waals surface area contributed by atoms with Crippen molar-refractivity contribution in [2.75, 3.05) is 11.9 Å². The van der Waals surface area contributed by atoms with Crippen molar-refractivity contribution < 1.29 is 19.4 Å². The number of nitrogens with zero attached hydrogens (tertiary/aromatic N) is 1. The molecule has 6 heteroatoms. The van der Waals surface area contributed by atoms with E-state index in [0.717, 1.165) is 5.39 Å². The monoisotopic (exact) mass is 272 g/mol. The zero-order chi connectivity index (χ0) is 14.5. The van der Waals surface area contributed by atoms with Crippen molar-refractivity contribution in [3.63, 3.8) is 0 Å². The summed E-state index contributed by atoms with van der Waals surface area (Å²) in [6.45, 7) is 3.46. The smallest absolute Gasteiger partial charge is 0.412 e. The molecule has 2 rings (SSSR count). The maximum absolute atomic E-state index is 11.6. The van der Waals surface area contributed by atoms with Crippen molar-refractivity contribution in [2.45, 2.75) is 0 Å². The number of rotatable bonds is 4. The second-order valence-electron chi connectivity index (χ2n) is 3.88. The number of fused-ring (bicyclic) bond motifs is 1. The molecular formula is C14H12N2O4. The highest BCUT2D eigenvalue weighted by Crippen LogP contribution is 2.26. The molecule has 0 saturated carbocycles. The average Bonchev–Trinajstić information content (AvgIpc) is 2.45. The van der Waals surface area contributed by atoms with Crippen LogP contribution in [0.5, 0.6) is 0 Å². The molecule has 6 nitrogen and oxygen atoms in total. The minimum Gasteiger partial charge on any atom is -0.478 e. The van der Waals surface area contributed by atoms with Crippen molar-refractivity contribution in [2.24, 2.45) is 0 Å². The molecular weight excluding hydrogens is 260 g/mol. The summed E-state index contributed by atoms with van der Waals surface area (Å²) in [5.41, 5.74) is 0.458. The van der Waals surface area contributed by atoms with E-state index in [1.165, 1.54) is 18.3 Å². The molecule has 0 aliphatic heterocycles. The fourth-order valence-electron chi connectivity index (χ4n) is 1.72. The van der Waals surface area contributed by atoms with Crippen molar-refractivity contribution in [1.29, 1.82) is 0 Å². The normalized spacial score (nSPS) is 10.0. The minimum atomic E-state index is -1.16. The third kappa shape index (κ3) is 2.74. The van der Waals surface area contributed by atoms with Crippen molar-refractivity contribution >= 4 is 28.7 Å². The Balaban J connectivity index is 2.47. The summed E-state index contributed by atoms with van der Waals surface area (Å²) in [4.78, 5) is 26.9. The molecule has 0 aliphatic carbocycles. The number of carbonyl (C=O) groups excluding carboxylic acids is 1. The molecule has 0 atom stereocenters. The van der Waals surface area contributed by atoms with Gasteiger partial charge in [-0.25, -0.2) is 9.59 Å². The molecule has 2 N–H and O–H groups in total. The first-order valence-electron chi connectivity index (χ1n) is 5.79. The Morgan fingerprint density at radius 1 is 1.40 bits per heavy atom. The van der Waals surface area contributed by atoms with E-state index in [0.29, 0.717) is 5.52 Å². The lowest BCUT2D eigenvalue weighted by molar-refractivity contribution is 0.0698. The van der Waals surface area contributed by atoms with E-state index >= 15 is 0 Å². The lowest BCUT2D eigenvalue weighted by Gasteiger charge is -2.11. The molecule has 0 aliphatic rings. The number of carboxylic acids is 1. The van der Waals surface area contributed by atoms with E-state index in [4.69, 9.17) is 4.74 Å². The van der Waals surface area contributed by atoms with Crippen LogP contribution in [0.3, 0.4) is 0 Å². The number of aromatic carboxylic acids is 1. The molecule has 2 aromatic rings. The Kier molecular flexibility index (Phi) is 3.95. The number of carboxylic acid groups (broad SMARTS) is 1. The van der Waals surface area contributed by atoms with Crippen LogP contribution in [0.2, 0.25) is 0 Å². The van der Waals surface area contributed by atoms with Crippen molar-refractivity contribution in [3.8, 4) is 0 Å². The van der Waals surface area contributed by atoms with E-state index < -0.39 is 12.1 Å². The van der Waals surface area contributed by atoms with E-state index in [2.05, 4.69) is 16.9 Å². The number of carbonyl (C=O) groups is 2. The number of hydrogen-bond acceptors (Lipinski definition) is 4. The van der Waals surface area contributed by atoms with Gasteiger partial charge in [0.1, 0.15) is 6.61 Å². The van der Waals surface area contributed by atoms with Crippen LogP contribution in [0.1, 0.15) is 10.4 Å². The third-order valence-corrected chi connectivity index (χ3v) is 2.56. The first-order chi connectivity index (χ1) is 9.63. The van der Waals surface area contributed by atoms with Gasteiger partial charge in [-0.05, 0) is 12.1 Å². The first-order valence-corrected chi connectivity index (χ1v) is 5.79. The quantitative estimate of drug-likeness (QED) is 0.835. The topological polar surface area (TPSA) is 88.5 Å². The molecule has 0 unspecified atom stereocenters. The Morgan fingerprint density at radius 3 is 2.90 bits per heavy atom. The van der Waals surface area contributed by atoms with Crippen LogP contribution in [0.4, 0.5) is 10.5 Å². The minimum absolute atomic E-state index is 0.0342. The predicted octanol–water partition coefficient (Wildman–Crippen LogP) is 2.67. The van der Waals surface area contributed by atoms with Gasteiger partial charge in [0.2, 0.25) is 0 Å². The van der Waals surface area contributed by atoms with Crippen LogP contribution >= 0.6 is 0 Å². The lowest BCUT2D eigenvalue weighted by Crippen LogP contribution is -2.16. The summed E-state index contributed by atoms with van der Waals surface area (Å²) in [6.07, 6.45) is 2.18. The molecule has 102 valence electrons. The van der Waals surface area contributed by atoms with Crippen LogP contribution in [0, 0.1) is 0 Å². The second-order valence-corrected chi connectivity index (χ2v) is 3.88. The van der Waals surface area contributed by atoms with E-state index in [-0.39, 0.29) is 17.9 Å². The SMILES string of the molecule is C=CCOC(=O)Nc1c(C(=O)O)ccc2cccnc12. The number of anilines is 1. The number of nitrogens with one attached hydrogen (secondary N) is 1. The van der Waals surface area contributed by atoms with Gasteiger partial charge in [0.15, 0.2) is 0 Å². The summed E-state index contributed by atoms with van der Waals surface area (Å²) in [5.74, 6) is -1.16. The summed E-state index contributed by atoms with van der Waals surface area (Å²) < 4.78 is 4.79. The van der Waals surface area contributed by atoms with Gasteiger partial charge in [0.05, 0.1) is 16.8 Å². The largest absolute Gasteiger partial charge is 0.478 e. The first kappa shape index (κ1) is 13.5. The number of hydrogen-bond donors (Lipinski definition) is 2. The van der Waals surface area contributed by atoms with E-state index in [1.54, 1.807) is 18.2 Å². The predicted molar refractivity (Wildman–Crippen MR) is 73.9 cm³/mol. The molecule has 0 fully saturated rings. The standard InChI is InChI=1S/C14H12N2O4/c1-2-8-20-14(19)16-12-10(13(17)18)6-5-9-4-3-7-15-11(9)12/h2-7H,1,8H2,(H,16,19)(H,17,18). The van der Waals surface area contributed by atoms with Crippen LogP contribution < -0.4 is 5.32 Å². The highest BCUT2D eigenvalue weighted by Gasteiger charge is 2.16. The van der Waals surface area contributed by atoms with E-state index in [9.17, 15) is 14.7 Å². The number of pyridine rings is 1. The van der Waals surface area contributed by atoms with Gasteiger partial charge in [0.25, 0.3) is 0 Å². The molecule has 1 amide bonds. The highest BCUT2D eigenvalue weighted by molar-refractivity contribution is 6.08. The molecule has 1 aromatic carbocycles. The number of benzene rings is 1. The number of ether oxygens (including phenoxy) is 1. The average molecular weight is 272 g/mol. The molecule has 0 bridgehead atoms. The molecule has 0 radical (unpaired) electrons.